The first-order valence-corrected chi connectivity index (χ1v) is 14.1. The van der Waals surface area contributed by atoms with Gasteiger partial charge >= 0.3 is 0 Å². The number of allylic oxidation sites excluding steroid dienone is 2. The second-order valence-electron chi connectivity index (χ2n) is 11.2. The monoisotopic (exact) mass is 502 g/mol. The first-order chi connectivity index (χ1) is 18.0. The Hall–Kier alpha value is -2.92. The van der Waals surface area contributed by atoms with E-state index < -0.39 is 0 Å². The second kappa shape index (κ2) is 11.6. The zero-order valence-corrected chi connectivity index (χ0v) is 22.2. The molecule has 3 aliphatic heterocycles. The molecule has 0 spiro atoms. The van der Waals surface area contributed by atoms with Gasteiger partial charge in [-0.2, -0.15) is 0 Å². The summed E-state index contributed by atoms with van der Waals surface area (Å²) in [6, 6.07) is 15.6. The molecule has 3 aliphatic rings. The van der Waals surface area contributed by atoms with Gasteiger partial charge < -0.3 is 14.3 Å². The van der Waals surface area contributed by atoms with Crippen molar-refractivity contribution >= 4 is 5.91 Å². The van der Waals surface area contributed by atoms with E-state index in [1.54, 1.807) is 0 Å². The van der Waals surface area contributed by atoms with Gasteiger partial charge in [-0.1, -0.05) is 48.6 Å². The fourth-order valence-electron chi connectivity index (χ4n) is 6.43. The standard InChI is InChI=1S/C32H41FN3O/c1-36(23-9-4-10-24-36)29-18-21-34(22-19-29)32(37)31-13-5-2-3-8-20-35(31)25-27-11-6-7-12-30(27)26-14-16-28(33)17-15-26/h6-8,11-17,20,29H,2-5,9-10,18-19,21-25H2,1H3/q+1. The van der Waals surface area contributed by atoms with Gasteiger partial charge in [-0.05, 0) is 67.3 Å². The van der Waals surface area contributed by atoms with Crippen molar-refractivity contribution in [1.82, 2.24) is 9.80 Å². The number of hydrogen-bond donors (Lipinski definition) is 0. The number of amides is 1. The van der Waals surface area contributed by atoms with E-state index >= 15 is 0 Å². The Kier molecular flexibility index (Phi) is 8.09. The summed E-state index contributed by atoms with van der Waals surface area (Å²) >= 11 is 0. The summed E-state index contributed by atoms with van der Waals surface area (Å²) in [6.07, 6.45) is 15.6. The van der Waals surface area contributed by atoms with Crippen LogP contribution < -0.4 is 0 Å². The van der Waals surface area contributed by atoms with Crippen LogP contribution in [0.15, 0.2) is 72.6 Å². The number of hydrogen-bond acceptors (Lipinski definition) is 2. The first kappa shape index (κ1) is 25.7. The highest BCUT2D eigenvalue weighted by atomic mass is 19.1. The number of carbonyl (C=O) groups excluding carboxylic acids is 1. The van der Waals surface area contributed by atoms with Crippen LogP contribution in [0.4, 0.5) is 4.39 Å². The summed E-state index contributed by atoms with van der Waals surface area (Å²) < 4.78 is 14.8. The SMILES string of the molecule is C[N+]1(C2CCN(C(=O)C3=CCCCC=CN3Cc3ccccc3-c3ccc(F)cc3)CC2)CCCCC1. The highest BCUT2D eigenvalue weighted by Crippen LogP contribution is 2.30. The summed E-state index contributed by atoms with van der Waals surface area (Å²) in [4.78, 5) is 18.1. The van der Waals surface area contributed by atoms with E-state index in [1.165, 1.54) is 49.0 Å². The molecule has 0 N–H and O–H groups in total. The predicted octanol–water partition coefficient (Wildman–Crippen LogP) is 6.50. The Bertz CT molecular complexity index is 1120. The summed E-state index contributed by atoms with van der Waals surface area (Å²) in [5, 5.41) is 0. The summed E-state index contributed by atoms with van der Waals surface area (Å²) in [5.41, 5.74) is 3.98. The maximum Gasteiger partial charge on any atom is 0.270 e. The van der Waals surface area contributed by atoms with Crippen molar-refractivity contribution in [2.75, 3.05) is 33.2 Å². The van der Waals surface area contributed by atoms with E-state index in [0.29, 0.717) is 12.6 Å². The molecule has 0 aliphatic carbocycles. The summed E-state index contributed by atoms with van der Waals surface area (Å²) in [6.45, 7) is 4.87. The van der Waals surface area contributed by atoms with Gasteiger partial charge in [0.05, 0.1) is 26.2 Å². The molecule has 0 radical (unpaired) electrons. The largest absolute Gasteiger partial charge is 0.340 e. The van der Waals surface area contributed by atoms with Gasteiger partial charge in [-0.3, -0.25) is 4.79 Å². The smallest absolute Gasteiger partial charge is 0.270 e. The van der Waals surface area contributed by atoms with Crippen LogP contribution in [0, 0.1) is 5.82 Å². The lowest BCUT2D eigenvalue weighted by molar-refractivity contribution is -0.938. The minimum Gasteiger partial charge on any atom is -0.340 e. The van der Waals surface area contributed by atoms with Crippen LogP contribution in [0.1, 0.15) is 56.9 Å². The van der Waals surface area contributed by atoms with E-state index in [4.69, 9.17) is 0 Å². The fraction of sp³-hybridized carbons (Fsp3) is 0.469. The van der Waals surface area contributed by atoms with Crippen molar-refractivity contribution in [3.05, 3.63) is 84.0 Å². The third-order valence-electron chi connectivity index (χ3n) is 8.71. The molecule has 2 aromatic carbocycles. The average Bonchev–Trinajstić information content (AvgIpc) is 2.91. The van der Waals surface area contributed by atoms with E-state index in [0.717, 1.165) is 67.6 Å². The average molecular weight is 503 g/mol. The van der Waals surface area contributed by atoms with Crippen LogP contribution in [0.3, 0.4) is 0 Å². The van der Waals surface area contributed by atoms with E-state index in [1.807, 2.05) is 24.3 Å². The maximum absolute atomic E-state index is 13.9. The first-order valence-electron chi connectivity index (χ1n) is 14.1. The van der Waals surface area contributed by atoms with E-state index in [2.05, 4.69) is 47.3 Å². The topological polar surface area (TPSA) is 23.6 Å². The normalized spacial score (nSPS) is 20.8. The lowest BCUT2D eigenvalue weighted by atomic mass is 9.96. The molecular weight excluding hydrogens is 461 g/mol. The van der Waals surface area contributed by atoms with Crippen LogP contribution in [-0.2, 0) is 11.3 Å². The van der Waals surface area contributed by atoms with Gasteiger partial charge in [-0.25, -0.2) is 4.39 Å². The molecule has 0 unspecified atom stereocenters. The number of halogens is 1. The molecule has 37 heavy (non-hydrogen) atoms. The molecule has 5 heteroatoms. The molecule has 3 heterocycles. The van der Waals surface area contributed by atoms with Crippen LogP contribution in [-0.4, -0.2) is 59.5 Å². The minimum absolute atomic E-state index is 0.158. The molecule has 0 atom stereocenters. The molecule has 2 aromatic rings. The molecule has 0 aromatic heterocycles. The van der Waals surface area contributed by atoms with Gasteiger partial charge in [0, 0.05) is 38.7 Å². The third-order valence-corrected chi connectivity index (χ3v) is 8.71. The molecule has 0 bridgehead atoms. The Morgan fingerprint density at radius 1 is 0.946 bits per heavy atom. The van der Waals surface area contributed by atoms with Crippen LogP contribution in [0.25, 0.3) is 11.1 Å². The van der Waals surface area contributed by atoms with Gasteiger partial charge in [0.15, 0.2) is 0 Å². The zero-order valence-electron chi connectivity index (χ0n) is 22.2. The highest BCUT2D eigenvalue weighted by molar-refractivity contribution is 5.93. The lowest BCUT2D eigenvalue weighted by Gasteiger charge is -2.47. The number of quaternary nitrogens is 1. The van der Waals surface area contributed by atoms with Crippen molar-refractivity contribution in [3.8, 4) is 11.1 Å². The Labute approximate surface area is 221 Å². The van der Waals surface area contributed by atoms with Gasteiger partial charge in [-0.15, -0.1) is 0 Å². The minimum atomic E-state index is -0.233. The van der Waals surface area contributed by atoms with Crippen LogP contribution in [0.5, 0.6) is 0 Å². The number of likely N-dealkylation sites (tertiary alicyclic amines) is 2. The van der Waals surface area contributed by atoms with E-state index in [-0.39, 0.29) is 11.7 Å². The molecule has 4 nitrogen and oxygen atoms in total. The second-order valence-corrected chi connectivity index (χ2v) is 11.2. The van der Waals surface area contributed by atoms with Crippen LogP contribution >= 0.6 is 0 Å². The van der Waals surface area contributed by atoms with Crippen LogP contribution in [0.2, 0.25) is 0 Å². The molecule has 2 fully saturated rings. The molecule has 5 rings (SSSR count). The molecule has 1 amide bonds. The van der Waals surface area contributed by atoms with Crippen molar-refractivity contribution < 1.29 is 13.7 Å². The fourth-order valence-corrected chi connectivity index (χ4v) is 6.43. The number of rotatable bonds is 5. The highest BCUT2D eigenvalue weighted by Gasteiger charge is 2.38. The Morgan fingerprint density at radius 2 is 1.68 bits per heavy atom. The lowest BCUT2D eigenvalue weighted by Crippen LogP contribution is -2.59. The van der Waals surface area contributed by atoms with Crippen molar-refractivity contribution in [2.45, 2.75) is 64.0 Å². The van der Waals surface area contributed by atoms with Gasteiger partial charge in [0.2, 0.25) is 0 Å². The Morgan fingerprint density at radius 3 is 2.43 bits per heavy atom. The van der Waals surface area contributed by atoms with E-state index in [9.17, 15) is 9.18 Å². The number of nitrogens with zero attached hydrogens (tertiary/aromatic N) is 3. The summed E-state index contributed by atoms with van der Waals surface area (Å²) in [7, 11) is 2.43. The third kappa shape index (κ3) is 5.98. The number of piperidine rings is 2. The van der Waals surface area contributed by atoms with Crippen molar-refractivity contribution in [1.29, 1.82) is 0 Å². The van der Waals surface area contributed by atoms with Crippen molar-refractivity contribution in [2.24, 2.45) is 0 Å². The molecule has 0 saturated carbocycles. The van der Waals surface area contributed by atoms with Crippen molar-refractivity contribution in [3.63, 3.8) is 0 Å². The predicted molar refractivity (Wildman–Crippen MR) is 148 cm³/mol. The summed E-state index contributed by atoms with van der Waals surface area (Å²) in [5.74, 6) is -0.0747. The van der Waals surface area contributed by atoms with Gasteiger partial charge in [0.25, 0.3) is 5.91 Å². The van der Waals surface area contributed by atoms with Gasteiger partial charge in [0.1, 0.15) is 11.5 Å². The molecule has 196 valence electrons. The maximum atomic E-state index is 13.9. The zero-order chi connectivity index (χ0) is 25.7. The molecule has 2 saturated heterocycles. The quantitative estimate of drug-likeness (QED) is 0.436. The number of carbonyl (C=O) groups is 1. The number of benzene rings is 2. The Balaban J connectivity index is 1.33. The molecular formula is C32H41FN3O+.